The number of carbonyl (C=O) groups is 1. The van der Waals surface area contributed by atoms with Crippen LogP contribution in [0.15, 0.2) is 22.7 Å². The summed E-state index contributed by atoms with van der Waals surface area (Å²) in [5.74, 6) is -0.0186. The standard InChI is InChI=1S/C12H11ClFN3O2/c1-7-15-12(19-17-7)5-4-11(18)16-10-3-2-8(13)6-9(10)14/h2-3,6H,4-5H2,1H3,(H,16,18). The Morgan fingerprint density at radius 3 is 2.95 bits per heavy atom. The van der Waals surface area contributed by atoms with Crippen molar-refractivity contribution >= 4 is 23.2 Å². The zero-order valence-corrected chi connectivity index (χ0v) is 10.9. The van der Waals surface area contributed by atoms with Crippen molar-refractivity contribution in [2.45, 2.75) is 19.8 Å². The van der Waals surface area contributed by atoms with E-state index in [-0.39, 0.29) is 23.0 Å². The zero-order valence-electron chi connectivity index (χ0n) is 10.1. The molecule has 2 rings (SSSR count). The van der Waals surface area contributed by atoms with Crippen LogP contribution in [0.3, 0.4) is 0 Å². The number of nitrogens with zero attached hydrogens (tertiary/aromatic N) is 2. The summed E-state index contributed by atoms with van der Waals surface area (Å²) >= 11 is 5.62. The van der Waals surface area contributed by atoms with Gasteiger partial charge in [-0.15, -0.1) is 0 Å². The third-order valence-corrected chi connectivity index (χ3v) is 2.58. The molecule has 0 bridgehead atoms. The monoisotopic (exact) mass is 283 g/mol. The number of halogens is 2. The average molecular weight is 284 g/mol. The molecule has 0 unspecified atom stereocenters. The van der Waals surface area contributed by atoms with Gasteiger partial charge in [0.15, 0.2) is 5.82 Å². The molecule has 0 spiro atoms. The predicted molar refractivity (Wildman–Crippen MR) is 67.4 cm³/mol. The summed E-state index contributed by atoms with van der Waals surface area (Å²) < 4.78 is 18.3. The molecule has 0 atom stereocenters. The van der Waals surface area contributed by atoms with Gasteiger partial charge in [-0.1, -0.05) is 16.8 Å². The Morgan fingerprint density at radius 2 is 2.32 bits per heavy atom. The van der Waals surface area contributed by atoms with E-state index < -0.39 is 5.82 Å². The molecule has 1 aromatic carbocycles. The van der Waals surface area contributed by atoms with Crippen LogP contribution in [0.2, 0.25) is 5.02 Å². The zero-order chi connectivity index (χ0) is 13.8. The second-order valence-electron chi connectivity index (χ2n) is 3.91. The lowest BCUT2D eigenvalue weighted by molar-refractivity contribution is -0.116. The van der Waals surface area contributed by atoms with Gasteiger partial charge in [-0.25, -0.2) is 4.39 Å². The number of anilines is 1. The fourth-order valence-corrected chi connectivity index (χ4v) is 1.62. The highest BCUT2D eigenvalue weighted by Gasteiger charge is 2.10. The quantitative estimate of drug-likeness (QED) is 0.937. The van der Waals surface area contributed by atoms with Gasteiger partial charge in [-0.3, -0.25) is 4.79 Å². The SMILES string of the molecule is Cc1noc(CCC(=O)Nc2ccc(Cl)cc2F)n1. The molecule has 0 radical (unpaired) electrons. The van der Waals surface area contributed by atoms with Crippen LogP contribution >= 0.6 is 11.6 Å². The molecule has 1 N–H and O–H groups in total. The molecular formula is C12H11ClFN3O2. The van der Waals surface area contributed by atoms with Crippen molar-refractivity contribution in [2.75, 3.05) is 5.32 Å². The van der Waals surface area contributed by atoms with Gasteiger partial charge in [0.2, 0.25) is 11.8 Å². The maximum absolute atomic E-state index is 13.4. The van der Waals surface area contributed by atoms with E-state index in [0.717, 1.165) is 6.07 Å². The molecule has 19 heavy (non-hydrogen) atoms. The molecule has 0 fully saturated rings. The van der Waals surface area contributed by atoms with Gasteiger partial charge in [0, 0.05) is 17.9 Å². The van der Waals surface area contributed by atoms with E-state index in [1.165, 1.54) is 12.1 Å². The van der Waals surface area contributed by atoms with Gasteiger partial charge in [0.05, 0.1) is 5.69 Å². The maximum Gasteiger partial charge on any atom is 0.227 e. The minimum absolute atomic E-state index is 0.0936. The average Bonchev–Trinajstić information content (AvgIpc) is 2.76. The Morgan fingerprint density at radius 1 is 1.53 bits per heavy atom. The highest BCUT2D eigenvalue weighted by atomic mass is 35.5. The first-order valence-corrected chi connectivity index (χ1v) is 5.96. The summed E-state index contributed by atoms with van der Waals surface area (Å²) in [6, 6.07) is 4.05. The van der Waals surface area contributed by atoms with E-state index in [2.05, 4.69) is 15.5 Å². The molecule has 7 heteroatoms. The van der Waals surface area contributed by atoms with Gasteiger partial charge in [0.1, 0.15) is 5.82 Å². The molecule has 1 heterocycles. The van der Waals surface area contributed by atoms with E-state index >= 15 is 0 Å². The molecule has 5 nitrogen and oxygen atoms in total. The molecule has 0 aliphatic heterocycles. The molecule has 1 amide bonds. The van der Waals surface area contributed by atoms with Crippen molar-refractivity contribution in [3.63, 3.8) is 0 Å². The van der Waals surface area contributed by atoms with Crippen LogP contribution < -0.4 is 5.32 Å². The van der Waals surface area contributed by atoms with Crippen LogP contribution in [0.5, 0.6) is 0 Å². The molecule has 0 saturated carbocycles. The number of carbonyl (C=O) groups excluding carboxylic acids is 1. The number of aromatic nitrogens is 2. The van der Waals surface area contributed by atoms with Gasteiger partial charge in [0.25, 0.3) is 0 Å². The van der Waals surface area contributed by atoms with E-state index in [9.17, 15) is 9.18 Å². The van der Waals surface area contributed by atoms with Crippen LogP contribution in [0.4, 0.5) is 10.1 Å². The third-order valence-electron chi connectivity index (χ3n) is 2.34. The first-order valence-electron chi connectivity index (χ1n) is 5.58. The lowest BCUT2D eigenvalue weighted by atomic mass is 10.2. The summed E-state index contributed by atoms with van der Waals surface area (Å²) in [6.45, 7) is 1.69. The summed E-state index contributed by atoms with van der Waals surface area (Å²) in [6.07, 6.45) is 0.436. The Hall–Kier alpha value is -1.95. The summed E-state index contributed by atoms with van der Waals surface area (Å²) in [5, 5.41) is 6.34. The van der Waals surface area contributed by atoms with Gasteiger partial charge in [-0.2, -0.15) is 4.98 Å². The van der Waals surface area contributed by atoms with Crippen LogP contribution in [0.1, 0.15) is 18.1 Å². The van der Waals surface area contributed by atoms with Crippen molar-refractivity contribution in [1.82, 2.24) is 10.1 Å². The number of nitrogens with one attached hydrogen (secondary N) is 1. The van der Waals surface area contributed by atoms with Crippen LogP contribution in [-0.2, 0) is 11.2 Å². The van der Waals surface area contributed by atoms with Crippen molar-refractivity contribution in [3.8, 4) is 0 Å². The number of amides is 1. The van der Waals surface area contributed by atoms with Crippen LogP contribution in [-0.4, -0.2) is 16.0 Å². The number of hydrogen-bond donors (Lipinski definition) is 1. The molecule has 0 aliphatic carbocycles. The smallest absolute Gasteiger partial charge is 0.227 e. The Kier molecular flexibility index (Phi) is 4.11. The molecule has 0 saturated heterocycles. The second-order valence-corrected chi connectivity index (χ2v) is 4.34. The van der Waals surface area contributed by atoms with Crippen molar-refractivity contribution in [2.24, 2.45) is 0 Å². The molecule has 0 aliphatic rings. The van der Waals surface area contributed by atoms with Crippen LogP contribution in [0, 0.1) is 12.7 Å². The number of hydrogen-bond acceptors (Lipinski definition) is 4. The molecule has 1 aromatic heterocycles. The summed E-state index contributed by atoms with van der Waals surface area (Å²) in [4.78, 5) is 15.6. The first kappa shape index (κ1) is 13.5. The number of aryl methyl sites for hydroxylation is 2. The normalized spacial score (nSPS) is 10.5. The van der Waals surface area contributed by atoms with E-state index in [1.807, 2.05) is 0 Å². The maximum atomic E-state index is 13.4. The fourth-order valence-electron chi connectivity index (χ4n) is 1.47. The lowest BCUT2D eigenvalue weighted by Crippen LogP contribution is -2.13. The molecule has 100 valence electrons. The first-order chi connectivity index (χ1) is 9.04. The largest absolute Gasteiger partial charge is 0.339 e. The van der Waals surface area contributed by atoms with Gasteiger partial charge in [-0.05, 0) is 25.1 Å². The number of rotatable bonds is 4. The van der Waals surface area contributed by atoms with E-state index in [4.69, 9.17) is 16.1 Å². The van der Waals surface area contributed by atoms with Gasteiger partial charge < -0.3 is 9.84 Å². The highest BCUT2D eigenvalue weighted by molar-refractivity contribution is 6.30. The van der Waals surface area contributed by atoms with E-state index in [0.29, 0.717) is 18.1 Å². The summed E-state index contributed by atoms with van der Waals surface area (Å²) in [7, 11) is 0. The van der Waals surface area contributed by atoms with Crippen molar-refractivity contribution < 1.29 is 13.7 Å². The topological polar surface area (TPSA) is 68.0 Å². The minimum atomic E-state index is -0.575. The third kappa shape index (κ3) is 3.75. The molecule has 2 aromatic rings. The Balaban J connectivity index is 1.90. The van der Waals surface area contributed by atoms with Crippen molar-refractivity contribution in [3.05, 3.63) is 40.8 Å². The number of benzene rings is 1. The molecular weight excluding hydrogens is 273 g/mol. The highest BCUT2D eigenvalue weighted by Crippen LogP contribution is 2.19. The van der Waals surface area contributed by atoms with Crippen LogP contribution in [0.25, 0.3) is 0 Å². The Labute approximate surface area is 113 Å². The minimum Gasteiger partial charge on any atom is -0.339 e. The van der Waals surface area contributed by atoms with Gasteiger partial charge >= 0.3 is 0 Å². The Bertz CT molecular complexity index is 600. The van der Waals surface area contributed by atoms with Crippen molar-refractivity contribution in [1.29, 1.82) is 0 Å². The summed E-state index contributed by atoms with van der Waals surface area (Å²) in [5.41, 5.74) is 0.0936. The fraction of sp³-hybridized carbons (Fsp3) is 0.250. The lowest BCUT2D eigenvalue weighted by Gasteiger charge is -2.05. The predicted octanol–water partition coefficient (Wildman–Crippen LogP) is 2.74. The second kappa shape index (κ2) is 5.79. The van der Waals surface area contributed by atoms with E-state index in [1.54, 1.807) is 6.92 Å².